The molecule has 1 aliphatic rings. The molecular formula is C16H21N3O2. The second-order valence-corrected chi connectivity index (χ2v) is 6.16. The third-order valence-electron chi connectivity index (χ3n) is 3.06. The molecule has 3 N–H and O–H groups in total. The lowest BCUT2D eigenvalue weighted by Gasteiger charge is -2.26. The number of piperazine rings is 1. The molecule has 0 spiro atoms. The van der Waals surface area contributed by atoms with E-state index in [9.17, 15) is 9.59 Å². The van der Waals surface area contributed by atoms with Crippen LogP contribution in [0.15, 0.2) is 42.2 Å². The summed E-state index contributed by atoms with van der Waals surface area (Å²) in [5.74, 6) is -0.465. The van der Waals surface area contributed by atoms with Crippen molar-refractivity contribution in [1.82, 2.24) is 16.0 Å². The van der Waals surface area contributed by atoms with Gasteiger partial charge in [0.05, 0.1) is 0 Å². The number of rotatable bonds is 3. The van der Waals surface area contributed by atoms with E-state index in [-0.39, 0.29) is 23.1 Å². The molecule has 0 radical (unpaired) electrons. The van der Waals surface area contributed by atoms with E-state index in [1.54, 1.807) is 6.20 Å². The Morgan fingerprint density at radius 3 is 2.48 bits per heavy atom. The summed E-state index contributed by atoms with van der Waals surface area (Å²) in [7, 11) is 0. The Balaban J connectivity index is 2.02. The van der Waals surface area contributed by atoms with Crippen LogP contribution in [0.2, 0.25) is 0 Å². The molecule has 0 bridgehead atoms. The van der Waals surface area contributed by atoms with Crippen LogP contribution < -0.4 is 16.0 Å². The van der Waals surface area contributed by atoms with Crippen LogP contribution in [0.3, 0.4) is 0 Å². The Labute approximate surface area is 124 Å². The highest BCUT2D eigenvalue weighted by Gasteiger charge is 2.29. The van der Waals surface area contributed by atoms with Crippen molar-refractivity contribution in [1.29, 1.82) is 0 Å². The van der Waals surface area contributed by atoms with Gasteiger partial charge >= 0.3 is 0 Å². The molecule has 2 rings (SSSR count). The van der Waals surface area contributed by atoms with Crippen LogP contribution in [-0.2, 0) is 16.0 Å². The number of hydrogen-bond acceptors (Lipinski definition) is 3. The van der Waals surface area contributed by atoms with Crippen molar-refractivity contribution in [3.8, 4) is 0 Å². The van der Waals surface area contributed by atoms with Crippen molar-refractivity contribution in [3.63, 3.8) is 0 Å². The molecule has 112 valence electrons. The van der Waals surface area contributed by atoms with Gasteiger partial charge in [0.15, 0.2) is 0 Å². The topological polar surface area (TPSA) is 70.2 Å². The van der Waals surface area contributed by atoms with E-state index in [1.807, 2.05) is 51.1 Å². The smallest absolute Gasteiger partial charge is 0.269 e. The van der Waals surface area contributed by atoms with Gasteiger partial charge in [-0.1, -0.05) is 30.3 Å². The maximum Gasteiger partial charge on any atom is 0.269 e. The number of nitrogens with one attached hydrogen (secondary N) is 3. The molecule has 5 heteroatoms. The largest absolute Gasteiger partial charge is 0.384 e. The maximum atomic E-state index is 12.1. The van der Waals surface area contributed by atoms with Gasteiger partial charge in [-0.2, -0.15) is 0 Å². The van der Waals surface area contributed by atoms with E-state index < -0.39 is 6.04 Å². The molecule has 0 aliphatic carbocycles. The Kier molecular flexibility index (Phi) is 4.31. The monoisotopic (exact) mass is 287 g/mol. The molecule has 5 nitrogen and oxygen atoms in total. The molecular weight excluding hydrogens is 266 g/mol. The predicted molar refractivity (Wildman–Crippen MR) is 81.2 cm³/mol. The van der Waals surface area contributed by atoms with Gasteiger partial charge < -0.3 is 16.0 Å². The Hall–Kier alpha value is -2.30. The first-order valence-electron chi connectivity index (χ1n) is 6.99. The summed E-state index contributed by atoms with van der Waals surface area (Å²) in [4.78, 5) is 24.1. The molecule has 0 unspecified atom stereocenters. The number of hydrogen-bond donors (Lipinski definition) is 3. The SMILES string of the molecule is CC(C)(C)N/C=C1/NC(=O)[C@H](Cc2ccccc2)NC1=O. The van der Waals surface area contributed by atoms with E-state index in [1.165, 1.54) is 0 Å². The van der Waals surface area contributed by atoms with Crippen LogP contribution in [0, 0.1) is 0 Å². The number of benzene rings is 1. The normalized spacial score (nSPS) is 20.9. The van der Waals surface area contributed by atoms with Gasteiger partial charge in [-0.05, 0) is 26.3 Å². The van der Waals surface area contributed by atoms with E-state index in [4.69, 9.17) is 0 Å². The average Bonchev–Trinajstić information content (AvgIpc) is 2.41. The Morgan fingerprint density at radius 1 is 1.19 bits per heavy atom. The van der Waals surface area contributed by atoms with Crippen LogP contribution in [0.1, 0.15) is 26.3 Å². The molecule has 1 fully saturated rings. The number of amides is 2. The number of carbonyl (C=O) groups excluding carboxylic acids is 2. The highest BCUT2D eigenvalue weighted by Crippen LogP contribution is 2.08. The minimum atomic E-state index is -0.535. The summed E-state index contributed by atoms with van der Waals surface area (Å²) in [5.41, 5.74) is 1.09. The highest BCUT2D eigenvalue weighted by atomic mass is 16.2. The van der Waals surface area contributed by atoms with E-state index >= 15 is 0 Å². The molecule has 1 saturated heterocycles. The van der Waals surface area contributed by atoms with Gasteiger partial charge in [0.1, 0.15) is 11.7 Å². The van der Waals surface area contributed by atoms with Gasteiger partial charge in [-0.25, -0.2) is 0 Å². The summed E-state index contributed by atoms with van der Waals surface area (Å²) in [6.45, 7) is 5.93. The first kappa shape index (κ1) is 15.1. The number of carbonyl (C=O) groups is 2. The van der Waals surface area contributed by atoms with Crippen LogP contribution in [0.5, 0.6) is 0 Å². The molecule has 1 aliphatic heterocycles. The van der Waals surface area contributed by atoms with E-state index in [2.05, 4.69) is 16.0 Å². The zero-order chi connectivity index (χ0) is 15.5. The second-order valence-electron chi connectivity index (χ2n) is 6.16. The lowest BCUT2D eigenvalue weighted by Crippen LogP contribution is -2.56. The minimum absolute atomic E-state index is 0.168. The second kappa shape index (κ2) is 5.99. The summed E-state index contributed by atoms with van der Waals surface area (Å²) < 4.78 is 0. The molecule has 2 amide bonds. The summed E-state index contributed by atoms with van der Waals surface area (Å²) in [5, 5.41) is 8.47. The highest BCUT2D eigenvalue weighted by molar-refractivity contribution is 6.04. The first-order valence-corrected chi connectivity index (χ1v) is 6.99. The van der Waals surface area contributed by atoms with E-state index in [0.29, 0.717) is 6.42 Å². The third kappa shape index (κ3) is 4.34. The Bertz CT molecular complexity index is 559. The zero-order valence-corrected chi connectivity index (χ0v) is 12.6. The van der Waals surface area contributed by atoms with Crippen LogP contribution in [-0.4, -0.2) is 23.4 Å². The van der Waals surface area contributed by atoms with Crippen molar-refractivity contribution < 1.29 is 9.59 Å². The van der Waals surface area contributed by atoms with Gasteiger partial charge in [0.2, 0.25) is 5.91 Å². The average molecular weight is 287 g/mol. The van der Waals surface area contributed by atoms with Gasteiger partial charge in [-0.15, -0.1) is 0 Å². The first-order chi connectivity index (χ1) is 9.85. The van der Waals surface area contributed by atoms with Crippen molar-refractivity contribution in [2.24, 2.45) is 0 Å². The van der Waals surface area contributed by atoms with Crippen molar-refractivity contribution >= 4 is 11.8 Å². The van der Waals surface area contributed by atoms with Crippen LogP contribution >= 0.6 is 0 Å². The lowest BCUT2D eigenvalue weighted by molar-refractivity contribution is -0.131. The van der Waals surface area contributed by atoms with E-state index in [0.717, 1.165) is 5.56 Å². The fourth-order valence-electron chi connectivity index (χ4n) is 1.96. The van der Waals surface area contributed by atoms with Crippen LogP contribution in [0.25, 0.3) is 0 Å². The lowest BCUT2D eigenvalue weighted by atomic mass is 10.0. The van der Waals surface area contributed by atoms with Crippen LogP contribution in [0.4, 0.5) is 0 Å². The van der Waals surface area contributed by atoms with Gasteiger partial charge in [0.25, 0.3) is 5.91 Å². The summed E-state index contributed by atoms with van der Waals surface area (Å²) in [6, 6.07) is 9.08. The molecule has 1 aromatic rings. The molecule has 0 aromatic heterocycles. The molecule has 0 saturated carbocycles. The Morgan fingerprint density at radius 2 is 1.86 bits per heavy atom. The minimum Gasteiger partial charge on any atom is -0.384 e. The molecule has 1 aromatic carbocycles. The molecule has 1 heterocycles. The molecule has 1 atom stereocenters. The maximum absolute atomic E-state index is 12.1. The van der Waals surface area contributed by atoms with Crippen molar-refractivity contribution in [3.05, 3.63) is 47.8 Å². The fraction of sp³-hybridized carbons (Fsp3) is 0.375. The standard InChI is InChI=1S/C16H21N3O2/c1-16(2,3)17-10-13-15(21)18-12(14(20)19-13)9-11-7-5-4-6-8-11/h4-8,10,12,17H,9H2,1-3H3,(H,18,21)(H,19,20)/b13-10+/t12-/m0/s1. The van der Waals surface area contributed by atoms with Crippen molar-refractivity contribution in [2.75, 3.05) is 0 Å². The summed E-state index contributed by atoms with van der Waals surface area (Å²) in [6.07, 6.45) is 2.03. The van der Waals surface area contributed by atoms with Crippen molar-refractivity contribution in [2.45, 2.75) is 38.8 Å². The summed E-state index contributed by atoms with van der Waals surface area (Å²) >= 11 is 0. The van der Waals surface area contributed by atoms with Gasteiger partial charge in [0, 0.05) is 18.2 Å². The third-order valence-corrected chi connectivity index (χ3v) is 3.06. The molecule has 21 heavy (non-hydrogen) atoms. The zero-order valence-electron chi connectivity index (χ0n) is 12.6. The predicted octanol–water partition coefficient (Wildman–Crippen LogP) is 1.07. The van der Waals surface area contributed by atoms with Gasteiger partial charge in [-0.3, -0.25) is 9.59 Å². The fourth-order valence-corrected chi connectivity index (χ4v) is 1.96. The quantitative estimate of drug-likeness (QED) is 0.728.